The molecule has 0 bridgehead atoms. The fourth-order valence-electron chi connectivity index (χ4n) is 4.52. The molecular weight excluding hydrogens is 372 g/mol. The van der Waals surface area contributed by atoms with E-state index in [1.54, 1.807) is 16.7 Å². The molecule has 1 unspecified atom stereocenters. The molecule has 5 rings (SSSR count). The quantitative estimate of drug-likeness (QED) is 0.835. The Morgan fingerprint density at radius 2 is 1.97 bits per heavy atom. The molecule has 2 saturated heterocycles. The van der Waals surface area contributed by atoms with Crippen LogP contribution in [0.4, 0.5) is 16.2 Å². The van der Waals surface area contributed by atoms with Crippen molar-refractivity contribution < 1.29 is 19.1 Å². The molecule has 8 heteroatoms. The maximum absolute atomic E-state index is 12.9. The molecule has 3 fully saturated rings. The highest BCUT2D eigenvalue weighted by Crippen LogP contribution is 2.39. The van der Waals surface area contributed by atoms with Crippen molar-refractivity contribution in [3.05, 3.63) is 23.8 Å². The Labute approximate surface area is 170 Å². The summed E-state index contributed by atoms with van der Waals surface area (Å²) in [5.41, 5.74) is 6.21. The van der Waals surface area contributed by atoms with Crippen molar-refractivity contribution >= 4 is 23.4 Å². The molecule has 3 aliphatic heterocycles. The predicted octanol–water partition coefficient (Wildman–Crippen LogP) is 1.85. The zero-order valence-corrected chi connectivity index (χ0v) is 17.0. The lowest BCUT2D eigenvalue weighted by atomic mass is 9.97. The maximum Gasteiger partial charge on any atom is 0.414 e. The molecule has 1 aromatic rings. The lowest BCUT2D eigenvalue weighted by molar-refractivity contribution is -0.117. The van der Waals surface area contributed by atoms with Crippen LogP contribution in [0.5, 0.6) is 0 Å². The molecular formula is C21H28N4O4. The van der Waals surface area contributed by atoms with E-state index in [0.29, 0.717) is 31.7 Å². The highest BCUT2D eigenvalue weighted by atomic mass is 16.6. The van der Waals surface area contributed by atoms with Crippen molar-refractivity contribution in [1.29, 1.82) is 0 Å². The van der Waals surface area contributed by atoms with Gasteiger partial charge in [0.1, 0.15) is 0 Å². The highest BCUT2D eigenvalue weighted by Gasteiger charge is 2.38. The van der Waals surface area contributed by atoms with Crippen molar-refractivity contribution in [1.82, 2.24) is 10.4 Å². The number of fused-ring (bicyclic) bond motifs is 1. The van der Waals surface area contributed by atoms with Gasteiger partial charge in [0.25, 0.3) is 0 Å². The summed E-state index contributed by atoms with van der Waals surface area (Å²) in [6, 6.07) is 6.70. The lowest BCUT2D eigenvalue weighted by Crippen LogP contribution is -2.53. The molecule has 2 amide bonds. The molecule has 0 radical (unpaired) electrons. The van der Waals surface area contributed by atoms with Crippen molar-refractivity contribution in [3.63, 3.8) is 0 Å². The molecule has 0 spiro atoms. The van der Waals surface area contributed by atoms with Gasteiger partial charge in [0.15, 0.2) is 6.10 Å². The Hall–Kier alpha value is -2.16. The number of hydrazine groups is 1. The van der Waals surface area contributed by atoms with Gasteiger partial charge in [-0.3, -0.25) is 15.1 Å². The van der Waals surface area contributed by atoms with E-state index in [2.05, 4.69) is 22.6 Å². The Bertz CT molecular complexity index is 823. The number of amides is 2. The van der Waals surface area contributed by atoms with Crippen LogP contribution in [0.2, 0.25) is 0 Å². The van der Waals surface area contributed by atoms with Gasteiger partial charge in [-0.15, -0.1) is 0 Å². The van der Waals surface area contributed by atoms with Gasteiger partial charge < -0.3 is 14.4 Å². The molecule has 1 N–H and O–H groups in total. The van der Waals surface area contributed by atoms with Gasteiger partial charge in [0, 0.05) is 38.5 Å². The molecule has 0 aromatic heterocycles. The van der Waals surface area contributed by atoms with Gasteiger partial charge in [-0.2, -0.15) is 0 Å². The Morgan fingerprint density at radius 3 is 2.62 bits per heavy atom. The highest BCUT2D eigenvalue weighted by molar-refractivity contribution is 6.02. The van der Waals surface area contributed by atoms with Gasteiger partial charge in [-0.05, 0) is 37.5 Å². The molecule has 4 aliphatic rings. The van der Waals surface area contributed by atoms with E-state index < -0.39 is 0 Å². The smallest absolute Gasteiger partial charge is 0.414 e. The van der Waals surface area contributed by atoms with E-state index >= 15 is 0 Å². The summed E-state index contributed by atoms with van der Waals surface area (Å²) in [6.45, 7) is 6.71. The van der Waals surface area contributed by atoms with E-state index in [4.69, 9.17) is 9.47 Å². The normalized spacial score (nSPS) is 27.5. The number of anilines is 2. The molecule has 1 saturated carbocycles. The third kappa shape index (κ3) is 3.49. The minimum atomic E-state index is -0.365. The molecule has 1 aromatic carbocycles. The predicted molar refractivity (Wildman–Crippen MR) is 108 cm³/mol. The number of ether oxygens (including phenoxy) is 2. The van der Waals surface area contributed by atoms with Crippen molar-refractivity contribution in [2.75, 3.05) is 42.6 Å². The molecule has 156 valence electrons. The number of rotatable bonds is 3. The van der Waals surface area contributed by atoms with Crippen LogP contribution in [0.3, 0.4) is 0 Å². The van der Waals surface area contributed by atoms with Crippen LogP contribution in [-0.4, -0.2) is 68.0 Å². The molecule has 2 atom stereocenters. The van der Waals surface area contributed by atoms with Crippen LogP contribution < -0.4 is 15.2 Å². The van der Waals surface area contributed by atoms with Crippen LogP contribution in [-0.2, 0) is 14.3 Å². The summed E-state index contributed by atoms with van der Waals surface area (Å²) >= 11 is 0. The summed E-state index contributed by atoms with van der Waals surface area (Å²) < 4.78 is 10.7. The summed E-state index contributed by atoms with van der Waals surface area (Å²) in [7, 11) is 0. The van der Waals surface area contributed by atoms with Gasteiger partial charge in [-0.25, -0.2) is 9.80 Å². The topological polar surface area (TPSA) is 74.4 Å². The summed E-state index contributed by atoms with van der Waals surface area (Å²) in [4.78, 5) is 28.7. The number of nitrogens with zero attached hydrogens (tertiary/aromatic N) is 3. The largest absolute Gasteiger partial charge is 0.441 e. The van der Waals surface area contributed by atoms with Crippen LogP contribution in [0.1, 0.15) is 38.2 Å². The minimum absolute atomic E-state index is 0.0191. The number of benzene rings is 1. The third-order valence-corrected chi connectivity index (χ3v) is 6.29. The fourth-order valence-corrected chi connectivity index (χ4v) is 4.52. The van der Waals surface area contributed by atoms with Gasteiger partial charge in [0.2, 0.25) is 5.91 Å². The molecule has 29 heavy (non-hydrogen) atoms. The van der Waals surface area contributed by atoms with Crippen LogP contribution >= 0.6 is 0 Å². The van der Waals surface area contributed by atoms with Gasteiger partial charge in [-0.1, -0.05) is 6.07 Å². The first-order valence-corrected chi connectivity index (χ1v) is 10.5. The second-order valence-corrected chi connectivity index (χ2v) is 8.58. The number of hydrogen-bond donors (Lipinski definition) is 1. The first-order valence-electron chi connectivity index (χ1n) is 10.5. The Kier molecular flexibility index (Phi) is 4.72. The fraction of sp³-hybridized carbons (Fsp3) is 0.619. The number of carbonyl (C=O) groups is 2. The van der Waals surface area contributed by atoms with E-state index in [1.807, 2.05) is 13.0 Å². The lowest BCUT2D eigenvalue weighted by Gasteiger charge is -2.41. The van der Waals surface area contributed by atoms with Crippen LogP contribution in [0.25, 0.3) is 0 Å². The monoisotopic (exact) mass is 400 g/mol. The standard InChI is InChI=1S/C21H28N4O4/c1-13-9-23(21(27)29-18-11-28-12-18)20-7-15(3-6-19(20)25(13)14(2)26)16-8-22-24(10-16)17-4-5-17/h3,6-7,13,16-18,22H,4-5,8-12H2,1-2H3/t13-,16?/m0/s1. The zero-order valence-electron chi connectivity index (χ0n) is 17.0. The summed E-state index contributed by atoms with van der Waals surface area (Å²) in [6.07, 6.45) is 1.98. The maximum atomic E-state index is 12.9. The number of carbonyl (C=O) groups excluding carboxylic acids is 2. The average Bonchev–Trinajstić information content (AvgIpc) is 3.40. The summed E-state index contributed by atoms with van der Waals surface area (Å²) in [5.74, 6) is 0.346. The minimum Gasteiger partial charge on any atom is -0.441 e. The second kappa shape index (κ2) is 7.27. The second-order valence-electron chi connectivity index (χ2n) is 8.58. The third-order valence-electron chi connectivity index (χ3n) is 6.29. The van der Waals surface area contributed by atoms with Crippen LogP contribution in [0, 0.1) is 0 Å². The van der Waals surface area contributed by atoms with E-state index in [1.165, 1.54) is 18.4 Å². The Balaban J connectivity index is 1.44. The molecule has 8 nitrogen and oxygen atoms in total. The molecule has 1 aliphatic carbocycles. The summed E-state index contributed by atoms with van der Waals surface area (Å²) in [5, 5.41) is 2.34. The molecule has 3 heterocycles. The number of hydrogen-bond acceptors (Lipinski definition) is 6. The van der Waals surface area contributed by atoms with Crippen LogP contribution in [0.15, 0.2) is 18.2 Å². The van der Waals surface area contributed by atoms with E-state index in [9.17, 15) is 9.59 Å². The number of nitrogens with one attached hydrogen (secondary N) is 1. The first-order chi connectivity index (χ1) is 14.0. The Morgan fingerprint density at radius 1 is 1.17 bits per heavy atom. The van der Waals surface area contributed by atoms with Crippen molar-refractivity contribution in [2.24, 2.45) is 0 Å². The SMILES string of the molecule is CC(=O)N1c2ccc(C3CNN(C4CC4)C3)cc2N(C(=O)OC2COC2)C[C@@H]1C. The van der Waals surface area contributed by atoms with Gasteiger partial charge >= 0.3 is 6.09 Å². The van der Waals surface area contributed by atoms with Crippen molar-refractivity contribution in [2.45, 2.75) is 50.8 Å². The van der Waals surface area contributed by atoms with Crippen molar-refractivity contribution in [3.8, 4) is 0 Å². The average molecular weight is 400 g/mol. The van der Waals surface area contributed by atoms with E-state index in [0.717, 1.165) is 24.5 Å². The van der Waals surface area contributed by atoms with E-state index in [-0.39, 0.29) is 24.1 Å². The van der Waals surface area contributed by atoms with Gasteiger partial charge in [0.05, 0.1) is 30.6 Å². The zero-order chi connectivity index (χ0) is 20.1. The first kappa shape index (κ1) is 18.8.